The Hall–Kier alpha value is -2.47. The normalized spacial score (nSPS) is 13.5. The van der Waals surface area contributed by atoms with Crippen molar-refractivity contribution in [3.05, 3.63) is 53.2 Å². The predicted molar refractivity (Wildman–Crippen MR) is 95.0 cm³/mol. The van der Waals surface area contributed by atoms with Gasteiger partial charge in [-0.05, 0) is 48.9 Å². The number of amides is 1. The summed E-state index contributed by atoms with van der Waals surface area (Å²) >= 11 is 1.45. The lowest BCUT2D eigenvalue weighted by Crippen LogP contribution is -2.18. The van der Waals surface area contributed by atoms with Crippen LogP contribution in [-0.2, 0) is 24.2 Å². The number of nitrogens with one attached hydrogen (secondary N) is 1. The van der Waals surface area contributed by atoms with Gasteiger partial charge in [0, 0.05) is 23.3 Å². The van der Waals surface area contributed by atoms with Gasteiger partial charge in [-0.3, -0.25) is 9.48 Å². The Morgan fingerprint density at radius 3 is 2.96 bits per heavy atom. The number of thiazole rings is 1. The van der Waals surface area contributed by atoms with Gasteiger partial charge in [-0.25, -0.2) is 4.98 Å². The number of anilines is 1. The third-order valence-electron chi connectivity index (χ3n) is 4.26. The van der Waals surface area contributed by atoms with Crippen molar-refractivity contribution in [1.29, 1.82) is 0 Å². The van der Waals surface area contributed by atoms with Crippen molar-refractivity contribution in [2.24, 2.45) is 0 Å². The van der Waals surface area contributed by atoms with Crippen molar-refractivity contribution >= 4 is 22.4 Å². The lowest BCUT2D eigenvalue weighted by molar-refractivity contribution is -0.116. The van der Waals surface area contributed by atoms with Gasteiger partial charge in [0.2, 0.25) is 5.91 Å². The molecule has 0 fully saturated rings. The van der Waals surface area contributed by atoms with Gasteiger partial charge in [-0.15, -0.1) is 11.3 Å². The highest BCUT2D eigenvalue weighted by Gasteiger charge is 2.13. The van der Waals surface area contributed by atoms with Crippen molar-refractivity contribution in [3.63, 3.8) is 0 Å². The van der Waals surface area contributed by atoms with Crippen LogP contribution in [0.5, 0.6) is 0 Å². The maximum absolute atomic E-state index is 12.0. The molecule has 1 N–H and O–H groups in total. The van der Waals surface area contributed by atoms with E-state index in [1.165, 1.54) is 41.7 Å². The molecule has 1 aromatic carbocycles. The fourth-order valence-electron chi connectivity index (χ4n) is 3.06. The van der Waals surface area contributed by atoms with E-state index in [0.717, 1.165) is 17.7 Å². The third-order valence-corrected chi connectivity index (χ3v) is 5.02. The SMILES string of the molecule is O=C(Cn1cccn1)Nc1nc(-c2ccc3c(c2)CCCC3)cs1. The van der Waals surface area contributed by atoms with E-state index in [9.17, 15) is 4.79 Å². The largest absolute Gasteiger partial charge is 0.300 e. The van der Waals surface area contributed by atoms with E-state index in [1.54, 1.807) is 23.1 Å². The summed E-state index contributed by atoms with van der Waals surface area (Å²) in [5.74, 6) is -0.120. The Morgan fingerprint density at radius 2 is 2.12 bits per heavy atom. The first-order valence-corrected chi connectivity index (χ1v) is 9.01. The number of benzene rings is 1. The molecule has 0 spiro atoms. The van der Waals surface area contributed by atoms with Crippen LogP contribution in [0, 0.1) is 0 Å². The second-order valence-electron chi connectivity index (χ2n) is 5.98. The first kappa shape index (κ1) is 15.1. The summed E-state index contributed by atoms with van der Waals surface area (Å²) in [6.45, 7) is 0.195. The monoisotopic (exact) mass is 338 g/mol. The average Bonchev–Trinajstić information content (AvgIpc) is 3.26. The minimum absolute atomic E-state index is 0.120. The molecule has 4 rings (SSSR count). The van der Waals surface area contributed by atoms with Crippen molar-refractivity contribution < 1.29 is 4.79 Å². The van der Waals surface area contributed by atoms with E-state index in [4.69, 9.17) is 0 Å². The Balaban J connectivity index is 1.47. The number of nitrogens with zero attached hydrogens (tertiary/aromatic N) is 3. The number of aryl methyl sites for hydroxylation is 2. The third kappa shape index (κ3) is 3.23. The Kier molecular flexibility index (Phi) is 4.13. The van der Waals surface area contributed by atoms with Crippen molar-refractivity contribution in [2.75, 3.05) is 5.32 Å². The summed E-state index contributed by atoms with van der Waals surface area (Å²) in [7, 11) is 0. The average molecular weight is 338 g/mol. The van der Waals surface area contributed by atoms with Crippen LogP contribution in [0.25, 0.3) is 11.3 Å². The minimum Gasteiger partial charge on any atom is -0.300 e. The zero-order valence-corrected chi connectivity index (χ0v) is 14.1. The lowest BCUT2D eigenvalue weighted by Gasteiger charge is -2.16. The molecule has 0 bridgehead atoms. The number of hydrogen-bond acceptors (Lipinski definition) is 4. The van der Waals surface area contributed by atoms with Gasteiger partial charge in [0.1, 0.15) is 6.54 Å². The number of carbonyl (C=O) groups is 1. The van der Waals surface area contributed by atoms with E-state index in [2.05, 4.69) is 33.6 Å². The van der Waals surface area contributed by atoms with Gasteiger partial charge in [-0.2, -0.15) is 5.10 Å². The number of aromatic nitrogens is 3. The number of rotatable bonds is 4. The molecular weight excluding hydrogens is 320 g/mol. The smallest absolute Gasteiger partial charge is 0.247 e. The zero-order valence-electron chi connectivity index (χ0n) is 13.2. The van der Waals surface area contributed by atoms with Crippen LogP contribution in [0.1, 0.15) is 24.0 Å². The Bertz CT molecular complexity index is 854. The molecule has 0 saturated heterocycles. The number of carbonyl (C=O) groups excluding carboxylic acids is 1. The molecule has 0 saturated carbocycles. The van der Waals surface area contributed by atoms with Gasteiger partial charge in [0.25, 0.3) is 0 Å². The Labute approximate surface area is 144 Å². The van der Waals surface area contributed by atoms with Gasteiger partial charge < -0.3 is 5.32 Å². The minimum atomic E-state index is -0.120. The zero-order chi connectivity index (χ0) is 16.4. The molecule has 0 radical (unpaired) electrons. The first-order valence-electron chi connectivity index (χ1n) is 8.13. The van der Waals surface area contributed by atoms with Gasteiger partial charge >= 0.3 is 0 Å². The second kappa shape index (κ2) is 6.57. The second-order valence-corrected chi connectivity index (χ2v) is 6.84. The van der Waals surface area contributed by atoms with Crippen LogP contribution in [0.4, 0.5) is 5.13 Å². The molecule has 6 heteroatoms. The molecule has 1 aliphatic rings. The Morgan fingerprint density at radius 1 is 1.25 bits per heavy atom. The number of fused-ring (bicyclic) bond motifs is 1. The first-order chi connectivity index (χ1) is 11.8. The van der Waals surface area contributed by atoms with E-state index >= 15 is 0 Å². The molecule has 1 amide bonds. The molecule has 1 aliphatic carbocycles. The van der Waals surface area contributed by atoms with Crippen molar-refractivity contribution in [3.8, 4) is 11.3 Å². The molecule has 122 valence electrons. The van der Waals surface area contributed by atoms with E-state index in [1.807, 2.05) is 5.38 Å². The maximum atomic E-state index is 12.0. The molecule has 3 aromatic rings. The van der Waals surface area contributed by atoms with Crippen LogP contribution in [0.3, 0.4) is 0 Å². The fraction of sp³-hybridized carbons (Fsp3) is 0.278. The van der Waals surface area contributed by atoms with Gasteiger partial charge in [0.15, 0.2) is 5.13 Å². The molecule has 0 aliphatic heterocycles. The quantitative estimate of drug-likeness (QED) is 0.792. The highest BCUT2D eigenvalue weighted by molar-refractivity contribution is 7.14. The fourth-order valence-corrected chi connectivity index (χ4v) is 3.79. The lowest BCUT2D eigenvalue weighted by atomic mass is 9.90. The van der Waals surface area contributed by atoms with E-state index in [0.29, 0.717) is 5.13 Å². The summed E-state index contributed by atoms with van der Waals surface area (Å²) in [4.78, 5) is 16.6. The highest BCUT2D eigenvalue weighted by atomic mass is 32.1. The summed E-state index contributed by atoms with van der Waals surface area (Å²) in [5.41, 5.74) is 4.95. The van der Waals surface area contributed by atoms with E-state index in [-0.39, 0.29) is 12.5 Å². The standard InChI is InChI=1S/C18H18N4OS/c23-17(11-22-9-3-8-19-22)21-18-20-16(12-24-18)15-7-6-13-4-1-2-5-14(13)10-15/h3,6-10,12H,1-2,4-5,11H2,(H,20,21,23). The molecule has 5 nitrogen and oxygen atoms in total. The van der Waals surface area contributed by atoms with Crippen molar-refractivity contribution in [2.45, 2.75) is 32.2 Å². The highest BCUT2D eigenvalue weighted by Crippen LogP contribution is 2.29. The molecule has 2 aromatic heterocycles. The van der Waals surface area contributed by atoms with Crippen LogP contribution in [-0.4, -0.2) is 20.7 Å². The molecule has 0 atom stereocenters. The van der Waals surface area contributed by atoms with Crippen LogP contribution < -0.4 is 5.32 Å². The molecule has 0 unspecified atom stereocenters. The van der Waals surface area contributed by atoms with Gasteiger partial charge in [-0.1, -0.05) is 12.1 Å². The molecule has 24 heavy (non-hydrogen) atoms. The van der Waals surface area contributed by atoms with Crippen LogP contribution in [0.15, 0.2) is 42.0 Å². The number of hydrogen-bond donors (Lipinski definition) is 1. The summed E-state index contributed by atoms with van der Waals surface area (Å²) in [6, 6.07) is 8.40. The van der Waals surface area contributed by atoms with Crippen LogP contribution in [0.2, 0.25) is 0 Å². The van der Waals surface area contributed by atoms with Crippen LogP contribution >= 0.6 is 11.3 Å². The van der Waals surface area contributed by atoms with Gasteiger partial charge in [0.05, 0.1) is 5.69 Å². The molecular formula is C18H18N4OS. The summed E-state index contributed by atoms with van der Waals surface area (Å²) in [6.07, 6.45) is 8.31. The van der Waals surface area contributed by atoms with Crippen molar-refractivity contribution in [1.82, 2.24) is 14.8 Å². The van der Waals surface area contributed by atoms with E-state index < -0.39 is 0 Å². The predicted octanol–water partition coefficient (Wildman–Crippen LogP) is 3.52. The summed E-state index contributed by atoms with van der Waals surface area (Å²) < 4.78 is 1.59. The molecule has 2 heterocycles. The maximum Gasteiger partial charge on any atom is 0.247 e. The summed E-state index contributed by atoms with van der Waals surface area (Å²) in [5, 5.41) is 9.49. The topological polar surface area (TPSA) is 59.8 Å².